The Morgan fingerprint density at radius 1 is 0.606 bits per heavy atom. The van der Waals surface area contributed by atoms with Crippen LogP contribution in [0.3, 0.4) is 0 Å². The molecule has 1 nitrogen and oxygen atoms in total. The molecule has 7 aromatic rings. The summed E-state index contributed by atoms with van der Waals surface area (Å²) in [5.41, 5.74) is 5.08. The summed E-state index contributed by atoms with van der Waals surface area (Å²) in [4.78, 5) is 0. The fraction of sp³-hybridized carbons (Fsp3) is 0.0323. The molecule has 0 atom stereocenters. The molecule has 1 radical (unpaired) electrons. The van der Waals surface area contributed by atoms with Crippen LogP contribution in [0, 0.1) is 6.07 Å². The summed E-state index contributed by atoms with van der Waals surface area (Å²) < 4.78 is 2.34. The second-order valence-electron chi connectivity index (χ2n) is 8.59. The van der Waals surface area contributed by atoms with Crippen LogP contribution < -0.4 is 0 Å². The van der Waals surface area contributed by atoms with Crippen molar-refractivity contribution >= 4 is 54.1 Å². The van der Waals surface area contributed by atoms with Crippen molar-refractivity contribution in [1.29, 1.82) is 0 Å². The molecule has 0 saturated carbocycles. The number of aromatic nitrogens is 1. The molecule has 2 heteroatoms. The van der Waals surface area contributed by atoms with E-state index in [-0.39, 0.29) is 32.7 Å². The third-order valence-corrected chi connectivity index (χ3v) is 6.90. The number of hydrogen-bond donors (Lipinski definition) is 0. The number of aryl methyl sites for hydroxylation is 1. The van der Waals surface area contributed by atoms with Gasteiger partial charge in [-0.25, -0.2) is 0 Å². The molecule has 6 aromatic carbocycles. The van der Waals surface area contributed by atoms with Gasteiger partial charge in [-0.3, -0.25) is 0 Å². The molecule has 0 aliphatic heterocycles. The maximum absolute atomic E-state index is 3.25. The van der Waals surface area contributed by atoms with Gasteiger partial charge in [0.2, 0.25) is 0 Å². The molecular weight excluding hydrogens is 475 g/mol. The van der Waals surface area contributed by atoms with Gasteiger partial charge in [-0.05, 0) is 39.4 Å². The topological polar surface area (TPSA) is 4.93 Å². The van der Waals surface area contributed by atoms with Gasteiger partial charge in [0, 0.05) is 61.4 Å². The predicted molar refractivity (Wildman–Crippen MR) is 137 cm³/mol. The first-order chi connectivity index (χ1) is 15.8. The van der Waals surface area contributed by atoms with Crippen LogP contribution in [-0.4, -0.2) is 4.57 Å². The van der Waals surface area contributed by atoms with Crippen LogP contribution in [0.2, 0.25) is 0 Å². The monoisotopic (exact) mass is 495 g/mol. The Hall–Kier alpha value is -3.00. The smallest absolute Gasteiger partial charge is 0.0568 e. The number of benzene rings is 6. The molecule has 1 aromatic heterocycles. The Kier molecular flexibility index (Phi) is 4.87. The Balaban J connectivity index is 0.00000206. The maximum atomic E-state index is 3.25. The summed E-state index contributed by atoms with van der Waals surface area (Å²) in [6.45, 7) is 0. The Labute approximate surface area is 217 Å². The zero-order chi connectivity index (χ0) is 21.2. The largest absolute Gasteiger partial charge is 0.343 e. The van der Waals surface area contributed by atoms with E-state index in [1.165, 1.54) is 65.3 Å². The van der Waals surface area contributed by atoms with Gasteiger partial charge < -0.3 is 4.57 Å². The van der Waals surface area contributed by atoms with E-state index < -0.39 is 0 Å². The van der Waals surface area contributed by atoms with Gasteiger partial charge in [0.05, 0.1) is 5.52 Å². The fourth-order valence-electron chi connectivity index (χ4n) is 5.40. The van der Waals surface area contributed by atoms with E-state index in [9.17, 15) is 0 Å². The second-order valence-corrected chi connectivity index (χ2v) is 8.59. The molecule has 0 spiro atoms. The molecule has 7 rings (SSSR count). The Morgan fingerprint density at radius 2 is 1.39 bits per heavy atom. The van der Waals surface area contributed by atoms with E-state index >= 15 is 0 Å². The number of rotatable bonds is 1. The van der Waals surface area contributed by atoms with Crippen molar-refractivity contribution in [2.45, 2.75) is 0 Å². The normalized spacial score (nSPS) is 11.5. The van der Waals surface area contributed by atoms with Gasteiger partial charge >= 0.3 is 0 Å². The van der Waals surface area contributed by atoms with E-state index in [1.54, 1.807) is 0 Å². The molecule has 0 N–H and O–H groups in total. The Morgan fingerprint density at radius 3 is 2.27 bits per heavy atom. The molecule has 0 aliphatic carbocycles. The summed E-state index contributed by atoms with van der Waals surface area (Å²) in [6, 6.07) is 40.6. The van der Waals surface area contributed by atoms with Gasteiger partial charge in [-0.15, -0.1) is 16.8 Å². The van der Waals surface area contributed by atoms with Gasteiger partial charge in [0.15, 0.2) is 0 Å². The minimum atomic E-state index is 0. The molecule has 1 heterocycles. The zero-order valence-electron chi connectivity index (χ0n) is 18.3. The maximum Gasteiger partial charge on any atom is 0.0568 e. The van der Waals surface area contributed by atoms with Crippen molar-refractivity contribution in [3.63, 3.8) is 0 Å². The van der Waals surface area contributed by atoms with Crippen LogP contribution in [0.5, 0.6) is 0 Å². The molecule has 33 heavy (non-hydrogen) atoms. The predicted octanol–water partition coefficient (Wildman–Crippen LogP) is 8.26. The molecule has 0 saturated heterocycles. The van der Waals surface area contributed by atoms with Crippen LogP contribution in [0.1, 0.15) is 0 Å². The standard InChI is InChI=1S/C31H20N.Y/c1-32-30-17-15-22(19-29(30)27-16-14-20-8-2-5-11-24(20)31(27)32)28-18-21-9-3-4-10-23(21)25-12-6-7-13-26(25)28;/h2,4-19H,1H3;/q-1;. The van der Waals surface area contributed by atoms with Crippen LogP contribution >= 0.6 is 0 Å². The number of nitrogens with zero attached hydrogens (tertiary/aromatic N) is 1. The van der Waals surface area contributed by atoms with Gasteiger partial charge in [0.25, 0.3) is 0 Å². The summed E-state index contributed by atoms with van der Waals surface area (Å²) in [5, 5.41) is 10.3. The first kappa shape index (κ1) is 20.6. The third-order valence-electron chi connectivity index (χ3n) is 6.90. The second kappa shape index (κ2) is 7.80. The molecule has 0 unspecified atom stereocenters. The molecule has 0 fully saturated rings. The quantitative estimate of drug-likeness (QED) is 0.160. The van der Waals surface area contributed by atoms with Crippen molar-refractivity contribution in [1.82, 2.24) is 4.57 Å². The van der Waals surface area contributed by atoms with E-state index in [0.717, 1.165) is 0 Å². The molecule has 0 aliphatic rings. The van der Waals surface area contributed by atoms with E-state index in [1.807, 2.05) is 6.07 Å². The first-order valence-corrected chi connectivity index (χ1v) is 11.0. The SMILES string of the molecule is Cn1c2ccc(-c3cc4c[c-]ccc4c4ccccc34)cc2c2ccc3ccccc3c21.[Y]. The summed E-state index contributed by atoms with van der Waals surface area (Å²) in [5.74, 6) is 0. The van der Waals surface area contributed by atoms with Crippen LogP contribution in [0.15, 0.2) is 103 Å². The number of hydrogen-bond acceptors (Lipinski definition) is 0. The third kappa shape index (κ3) is 3.00. The van der Waals surface area contributed by atoms with Gasteiger partial charge in [-0.2, -0.15) is 24.3 Å². The molecule has 0 amide bonds. The summed E-state index contributed by atoms with van der Waals surface area (Å²) >= 11 is 0. The Bertz CT molecular complexity index is 1840. The number of fused-ring (bicyclic) bond motifs is 8. The first-order valence-electron chi connectivity index (χ1n) is 11.0. The van der Waals surface area contributed by atoms with E-state index in [0.29, 0.717) is 0 Å². The van der Waals surface area contributed by atoms with Crippen molar-refractivity contribution in [2.24, 2.45) is 7.05 Å². The van der Waals surface area contributed by atoms with Crippen molar-refractivity contribution in [2.75, 3.05) is 0 Å². The average molecular weight is 495 g/mol. The van der Waals surface area contributed by atoms with Crippen LogP contribution in [0.25, 0.3) is 65.3 Å². The van der Waals surface area contributed by atoms with E-state index in [4.69, 9.17) is 0 Å². The fourth-order valence-corrected chi connectivity index (χ4v) is 5.40. The van der Waals surface area contributed by atoms with Gasteiger partial charge in [-0.1, -0.05) is 66.7 Å². The zero-order valence-corrected chi connectivity index (χ0v) is 21.2. The molecule has 153 valence electrons. The van der Waals surface area contributed by atoms with Gasteiger partial charge in [0.1, 0.15) is 0 Å². The summed E-state index contributed by atoms with van der Waals surface area (Å²) in [6.07, 6.45) is 0. The molecule has 0 bridgehead atoms. The van der Waals surface area contributed by atoms with Crippen molar-refractivity contribution in [3.05, 3.63) is 109 Å². The van der Waals surface area contributed by atoms with Crippen LogP contribution in [0.4, 0.5) is 0 Å². The van der Waals surface area contributed by atoms with Crippen molar-refractivity contribution < 1.29 is 32.7 Å². The van der Waals surface area contributed by atoms with E-state index in [2.05, 4.69) is 115 Å². The minimum Gasteiger partial charge on any atom is -0.343 e. The van der Waals surface area contributed by atoms with Crippen molar-refractivity contribution in [3.8, 4) is 11.1 Å². The average Bonchev–Trinajstić information content (AvgIpc) is 3.15. The summed E-state index contributed by atoms with van der Waals surface area (Å²) in [7, 11) is 2.18. The van der Waals surface area contributed by atoms with Crippen LogP contribution in [-0.2, 0) is 39.8 Å². The molecular formula is C31H20NY-. The minimum absolute atomic E-state index is 0.